The average Bonchev–Trinajstić information content (AvgIpc) is 2.19. The first kappa shape index (κ1) is 12.6. The van der Waals surface area contributed by atoms with Gasteiger partial charge in [0.05, 0.1) is 11.9 Å². The first-order valence-electron chi connectivity index (χ1n) is 4.54. The lowest BCUT2D eigenvalue weighted by atomic mass is 10.5. The van der Waals surface area contributed by atoms with Gasteiger partial charge in [0, 0.05) is 19.8 Å². The quantitative estimate of drug-likeness (QED) is 0.769. The Balaban J connectivity index is 2.66. The molecule has 0 radical (unpaired) electrons. The second-order valence-corrected chi connectivity index (χ2v) is 5.46. The van der Waals surface area contributed by atoms with Gasteiger partial charge in [0.1, 0.15) is 9.84 Å². The molecule has 0 spiro atoms. The van der Waals surface area contributed by atoms with Crippen LogP contribution in [0.1, 0.15) is 0 Å². The van der Waals surface area contributed by atoms with Crippen molar-refractivity contribution in [3.8, 4) is 0 Å². The minimum atomic E-state index is -3.07. The first-order chi connectivity index (χ1) is 7.42. The van der Waals surface area contributed by atoms with Gasteiger partial charge < -0.3 is 10.6 Å². The Kier molecular flexibility index (Phi) is 3.99. The minimum Gasteiger partial charge on any atom is -0.366 e. The molecule has 6 nitrogen and oxygen atoms in total. The SMILES string of the molecule is CNc1ncc(F)c(NCCS(C)(=O)=O)n1. The number of sulfone groups is 1. The Morgan fingerprint density at radius 2 is 2.19 bits per heavy atom. The molecule has 2 N–H and O–H groups in total. The fourth-order valence-electron chi connectivity index (χ4n) is 0.966. The molecule has 0 amide bonds. The van der Waals surface area contributed by atoms with Crippen molar-refractivity contribution in [3.05, 3.63) is 12.0 Å². The number of hydrogen-bond acceptors (Lipinski definition) is 6. The molecule has 16 heavy (non-hydrogen) atoms. The maximum absolute atomic E-state index is 13.2. The normalized spacial score (nSPS) is 11.2. The van der Waals surface area contributed by atoms with Gasteiger partial charge in [0.25, 0.3) is 0 Å². The van der Waals surface area contributed by atoms with Gasteiger partial charge in [-0.25, -0.2) is 17.8 Å². The lowest BCUT2D eigenvalue weighted by Gasteiger charge is -2.06. The molecule has 0 atom stereocenters. The van der Waals surface area contributed by atoms with Crippen molar-refractivity contribution in [2.45, 2.75) is 0 Å². The average molecular weight is 248 g/mol. The molecule has 0 aromatic carbocycles. The van der Waals surface area contributed by atoms with Crippen LogP contribution >= 0.6 is 0 Å². The Hall–Kier alpha value is -1.44. The first-order valence-corrected chi connectivity index (χ1v) is 6.60. The number of hydrogen-bond donors (Lipinski definition) is 2. The van der Waals surface area contributed by atoms with E-state index in [2.05, 4.69) is 20.6 Å². The molecule has 0 saturated heterocycles. The van der Waals surface area contributed by atoms with Gasteiger partial charge in [-0.3, -0.25) is 0 Å². The summed E-state index contributed by atoms with van der Waals surface area (Å²) in [6.07, 6.45) is 2.13. The Bertz CT molecular complexity index is 463. The van der Waals surface area contributed by atoms with Gasteiger partial charge in [-0.2, -0.15) is 4.98 Å². The fraction of sp³-hybridized carbons (Fsp3) is 0.500. The van der Waals surface area contributed by atoms with Gasteiger partial charge in [-0.15, -0.1) is 0 Å². The maximum atomic E-state index is 13.2. The predicted octanol–water partition coefficient (Wildman–Crippen LogP) is 0.114. The second-order valence-electron chi connectivity index (χ2n) is 3.20. The van der Waals surface area contributed by atoms with E-state index in [-0.39, 0.29) is 24.1 Å². The van der Waals surface area contributed by atoms with Crippen LogP contribution in [0.15, 0.2) is 6.20 Å². The van der Waals surface area contributed by atoms with E-state index in [1.54, 1.807) is 7.05 Å². The number of nitrogens with zero attached hydrogens (tertiary/aromatic N) is 2. The van der Waals surface area contributed by atoms with Crippen LogP contribution in [0.2, 0.25) is 0 Å². The Morgan fingerprint density at radius 3 is 2.75 bits per heavy atom. The van der Waals surface area contributed by atoms with Crippen LogP contribution in [-0.4, -0.2) is 44.0 Å². The summed E-state index contributed by atoms with van der Waals surface area (Å²) in [5.41, 5.74) is 0. The third-order valence-electron chi connectivity index (χ3n) is 1.73. The van der Waals surface area contributed by atoms with Crippen molar-refractivity contribution in [2.75, 3.05) is 36.2 Å². The molecule has 90 valence electrons. The molecule has 0 unspecified atom stereocenters. The number of aromatic nitrogens is 2. The molecular formula is C8H13FN4O2S. The molecular weight excluding hydrogens is 235 g/mol. The third kappa shape index (κ3) is 3.97. The molecule has 1 rings (SSSR count). The highest BCUT2D eigenvalue weighted by Crippen LogP contribution is 2.10. The van der Waals surface area contributed by atoms with Gasteiger partial charge >= 0.3 is 0 Å². The summed E-state index contributed by atoms with van der Waals surface area (Å²) in [6.45, 7) is 0.107. The fourth-order valence-corrected chi connectivity index (χ4v) is 1.44. The van der Waals surface area contributed by atoms with Gasteiger partial charge in [0.15, 0.2) is 11.6 Å². The van der Waals surface area contributed by atoms with E-state index in [1.807, 2.05) is 0 Å². The van der Waals surface area contributed by atoms with E-state index in [1.165, 1.54) is 0 Å². The van der Waals surface area contributed by atoms with E-state index in [4.69, 9.17) is 0 Å². The van der Waals surface area contributed by atoms with Crippen molar-refractivity contribution < 1.29 is 12.8 Å². The van der Waals surface area contributed by atoms with Crippen LogP contribution in [0.3, 0.4) is 0 Å². The van der Waals surface area contributed by atoms with Crippen LogP contribution in [0.5, 0.6) is 0 Å². The number of anilines is 2. The largest absolute Gasteiger partial charge is 0.366 e. The minimum absolute atomic E-state index is 0.0111. The zero-order chi connectivity index (χ0) is 12.2. The number of rotatable bonds is 5. The van der Waals surface area contributed by atoms with Crippen LogP contribution in [0, 0.1) is 5.82 Å². The third-order valence-corrected chi connectivity index (χ3v) is 2.68. The molecule has 0 aliphatic rings. The van der Waals surface area contributed by atoms with Crippen molar-refractivity contribution in [1.82, 2.24) is 9.97 Å². The standard InChI is InChI=1S/C8H13FN4O2S/c1-10-8-12-5-6(9)7(13-8)11-3-4-16(2,14)15/h5H,3-4H2,1-2H3,(H2,10,11,12,13). The zero-order valence-electron chi connectivity index (χ0n) is 8.99. The molecule has 1 heterocycles. The lowest BCUT2D eigenvalue weighted by molar-refractivity contribution is 0.601. The van der Waals surface area contributed by atoms with E-state index < -0.39 is 15.7 Å². The van der Waals surface area contributed by atoms with E-state index in [0.717, 1.165) is 12.5 Å². The highest BCUT2D eigenvalue weighted by atomic mass is 32.2. The predicted molar refractivity (Wildman–Crippen MR) is 59.7 cm³/mol. The van der Waals surface area contributed by atoms with E-state index in [0.29, 0.717) is 0 Å². The summed E-state index contributed by atoms with van der Waals surface area (Å²) in [5.74, 6) is -0.440. The van der Waals surface area contributed by atoms with Crippen LogP contribution in [0.25, 0.3) is 0 Å². The van der Waals surface area contributed by atoms with Crippen molar-refractivity contribution in [1.29, 1.82) is 0 Å². The summed E-state index contributed by atoms with van der Waals surface area (Å²) in [6, 6.07) is 0. The highest BCUT2D eigenvalue weighted by molar-refractivity contribution is 7.90. The van der Waals surface area contributed by atoms with Crippen molar-refractivity contribution in [3.63, 3.8) is 0 Å². The molecule has 0 aliphatic carbocycles. The summed E-state index contributed by atoms with van der Waals surface area (Å²) >= 11 is 0. The summed E-state index contributed by atoms with van der Waals surface area (Å²) in [4.78, 5) is 7.47. The molecule has 1 aromatic heterocycles. The summed E-state index contributed by atoms with van der Waals surface area (Å²) in [7, 11) is -1.46. The maximum Gasteiger partial charge on any atom is 0.224 e. The van der Waals surface area contributed by atoms with Gasteiger partial charge in [-0.1, -0.05) is 0 Å². The van der Waals surface area contributed by atoms with Gasteiger partial charge in [0.2, 0.25) is 5.95 Å². The lowest BCUT2D eigenvalue weighted by Crippen LogP contribution is -2.16. The molecule has 0 fully saturated rings. The van der Waals surface area contributed by atoms with Crippen molar-refractivity contribution >= 4 is 21.6 Å². The smallest absolute Gasteiger partial charge is 0.224 e. The Morgan fingerprint density at radius 1 is 1.50 bits per heavy atom. The van der Waals surface area contributed by atoms with Crippen molar-refractivity contribution in [2.24, 2.45) is 0 Å². The van der Waals surface area contributed by atoms with E-state index in [9.17, 15) is 12.8 Å². The summed E-state index contributed by atoms with van der Waals surface area (Å²) < 4.78 is 34.9. The second kappa shape index (κ2) is 5.06. The number of halogens is 1. The molecule has 8 heteroatoms. The van der Waals surface area contributed by atoms with Crippen LogP contribution in [-0.2, 0) is 9.84 Å². The molecule has 0 aliphatic heterocycles. The van der Waals surface area contributed by atoms with Crippen LogP contribution in [0.4, 0.5) is 16.2 Å². The molecule has 1 aromatic rings. The summed E-state index contributed by atoms with van der Waals surface area (Å²) in [5, 5.41) is 5.25. The topological polar surface area (TPSA) is 84.0 Å². The van der Waals surface area contributed by atoms with E-state index >= 15 is 0 Å². The number of nitrogens with one attached hydrogen (secondary N) is 2. The molecule has 0 bridgehead atoms. The highest BCUT2D eigenvalue weighted by Gasteiger charge is 2.07. The van der Waals surface area contributed by atoms with Gasteiger partial charge in [-0.05, 0) is 0 Å². The van der Waals surface area contributed by atoms with Crippen LogP contribution < -0.4 is 10.6 Å². The zero-order valence-corrected chi connectivity index (χ0v) is 9.81. The Labute approximate surface area is 93.2 Å². The molecule has 0 saturated carbocycles. The monoisotopic (exact) mass is 248 g/mol.